The summed E-state index contributed by atoms with van der Waals surface area (Å²) >= 11 is 7.70. The Morgan fingerprint density at radius 1 is 1.56 bits per heavy atom. The molecule has 0 aromatic carbocycles. The number of thiophene rings is 1. The Hall–Kier alpha value is -0.0900. The summed E-state index contributed by atoms with van der Waals surface area (Å²) in [4.78, 5) is 1.36. The van der Waals surface area contributed by atoms with Crippen LogP contribution in [0.2, 0.25) is 4.34 Å². The highest BCUT2D eigenvalue weighted by Gasteiger charge is 2.17. The van der Waals surface area contributed by atoms with Crippen LogP contribution < -0.4 is 5.32 Å². The molecule has 0 saturated carbocycles. The summed E-state index contributed by atoms with van der Waals surface area (Å²) in [5, 5.41) is 3.55. The van der Waals surface area contributed by atoms with Gasteiger partial charge in [-0.05, 0) is 50.8 Å². The smallest absolute Gasteiger partial charge is 0.0931 e. The molecule has 4 heteroatoms. The van der Waals surface area contributed by atoms with Crippen LogP contribution in [0.25, 0.3) is 0 Å². The summed E-state index contributed by atoms with van der Waals surface area (Å²) in [6.07, 6.45) is 6.58. The third-order valence-corrected chi connectivity index (χ3v) is 4.78. The lowest BCUT2D eigenvalue weighted by Gasteiger charge is -2.17. The Balaban J connectivity index is 1.78. The van der Waals surface area contributed by atoms with Crippen LogP contribution in [0.3, 0.4) is 0 Å². The predicted octanol–water partition coefficient (Wildman–Crippen LogP) is 4.40. The fourth-order valence-corrected chi connectivity index (χ4v) is 3.70. The molecule has 2 nitrogen and oxygen atoms in total. The molecule has 2 heterocycles. The normalized spacial score (nSPS) is 21.3. The Bertz CT molecular complexity index is 349. The molecule has 0 radical (unpaired) electrons. The molecule has 0 aliphatic carbocycles. The second-order valence-corrected chi connectivity index (χ2v) is 6.56. The van der Waals surface area contributed by atoms with E-state index in [0.29, 0.717) is 12.1 Å². The molecule has 0 bridgehead atoms. The van der Waals surface area contributed by atoms with Crippen LogP contribution in [0.5, 0.6) is 0 Å². The number of nitrogens with one attached hydrogen (secondary N) is 1. The second-order valence-electron chi connectivity index (χ2n) is 4.82. The fraction of sp³-hybridized carbons (Fsp3) is 0.714. The van der Waals surface area contributed by atoms with Crippen molar-refractivity contribution in [3.63, 3.8) is 0 Å². The van der Waals surface area contributed by atoms with Crippen molar-refractivity contribution in [2.24, 2.45) is 0 Å². The number of hydrogen-bond donors (Lipinski definition) is 1. The largest absolute Gasteiger partial charge is 0.378 e. The van der Waals surface area contributed by atoms with E-state index in [0.717, 1.165) is 17.5 Å². The van der Waals surface area contributed by atoms with Gasteiger partial charge < -0.3 is 10.1 Å². The minimum absolute atomic E-state index is 0.453. The van der Waals surface area contributed by atoms with Gasteiger partial charge >= 0.3 is 0 Å². The zero-order chi connectivity index (χ0) is 12.8. The number of rotatable bonds is 7. The Morgan fingerprint density at radius 3 is 3.06 bits per heavy atom. The molecule has 0 amide bonds. The third kappa shape index (κ3) is 4.23. The highest BCUT2D eigenvalue weighted by atomic mass is 35.5. The van der Waals surface area contributed by atoms with Crippen molar-refractivity contribution in [2.75, 3.05) is 13.2 Å². The minimum Gasteiger partial charge on any atom is -0.378 e. The highest BCUT2D eigenvalue weighted by Crippen LogP contribution is 2.30. The van der Waals surface area contributed by atoms with Gasteiger partial charge in [-0.1, -0.05) is 18.5 Å². The van der Waals surface area contributed by atoms with E-state index in [1.807, 2.05) is 6.07 Å². The molecule has 1 N–H and O–H groups in total. The molecule has 18 heavy (non-hydrogen) atoms. The molecular formula is C14H22ClNOS. The van der Waals surface area contributed by atoms with Crippen LogP contribution in [-0.4, -0.2) is 19.3 Å². The van der Waals surface area contributed by atoms with Crippen LogP contribution in [0.4, 0.5) is 0 Å². The summed E-state index contributed by atoms with van der Waals surface area (Å²) in [5.41, 5.74) is 0. The Kier molecular flexibility index (Phi) is 5.96. The first kappa shape index (κ1) is 14.3. The van der Waals surface area contributed by atoms with Gasteiger partial charge in [-0.2, -0.15) is 0 Å². The fourth-order valence-electron chi connectivity index (χ4n) is 2.53. The quantitative estimate of drug-likeness (QED) is 0.802. The number of halogens is 1. The minimum atomic E-state index is 0.453. The second kappa shape index (κ2) is 7.49. The van der Waals surface area contributed by atoms with Crippen molar-refractivity contribution in [3.05, 3.63) is 21.3 Å². The van der Waals surface area contributed by atoms with E-state index in [2.05, 4.69) is 18.3 Å². The Morgan fingerprint density at radius 2 is 2.44 bits per heavy atom. The summed E-state index contributed by atoms with van der Waals surface area (Å²) < 4.78 is 6.55. The van der Waals surface area contributed by atoms with Crippen LogP contribution in [-0.2, 0) is 4.74 Å². The van der Waals surface area contributed by atoms with Crippen LogP contribution in [0.1, 0.15) is 49.9 Å². The lowest BCUT2D eigenvalue weighted by atomic mass is 10.0. The van der Waals surface area contributed by atoms with Gasteiger partial charge in [0.05, 0.1) is 10.4 Å². The summed E-state index contributed by atoms with van der Waals surface area (Å²) in [5.74, 6) is 0. The first-order valence-electron chi connectivity index (χ1n) is 6.90. The maximum Gasteiger partial charge on any atom is 0.0931 e. The van der Waals surface area contributed by atoms with Gasteiger partial charge in [0, 0.05) is 17.5 Å². The van der Waals surface area contributed by atoms with Crippen molar-refractivity contribution in [2.45, 2.75) is 51.2 Å². The van der Waals surface area contributed by atoms with E-state index in [4.69, 9.17) is 16.3 Å². The molecule has 2 unspecified atom stereocenters. The molecule has 1 aliphatic heterocycles. The van der Waals surface area contributed by atoms with Gasteiger partial charge in [0.2, 0.25) is 0 Å². The van der Waals surface area contributed by atoms with E-state index in [9.17, 15) is 0 Å². The molecular weight excluding hydrogens is 266 g/mol. The molecule has 2 rings (SSSR count). The maximum atomic E-state index is 6.01. The van der Waals surface area contributed by atoms with Crippen molar-refractivity contribution in [1.82, 2.24) is 5.32 Å². The van der Waals surface area contributed by atoms with Crippen molar-refractivity contribution < 1.29 is 4.74 Å². The van der Waals surface area contributed by atoms with Crippen LogP contribution in [0.15, 0.2) is 12.1 Å². The summed E-state index contributed by atoms with van der Waals surface area (Å²) in [6.45, 7) is 4.12. The molecule has 1 aromatic rings. The molecule has 102 valence electrons. The van der Waals surface area contributed by atoms with E-state index in [1.165, 1.54) is 37.0 Å². The summed E-state index contributed by atoms with van der Waals surface area (Å²) in [7, 11) is 0. The zero-order valence-corrected chi connectivity index (χ0v) is 12.5. The predicted molar refractivity (Wildman–Crippen MR) is 78.6 cm³/mol. The zero-order valence-electron chi connectivity index (χ0n) is 11.0. The number of hydrogen-bond acceptors (Lipinski definition) is 3. The van der Waals surface area contributed by atoms with Gasteiger partial charge in [0.25, 0.3) is 0 Å². The maximum absolute atomic E-state index is 6.01. The van der Waals surface area contributed by atoms with Crippen molar-refractivity contribution in [3.8, 4) is 0 Å². The van der Waals surface area contributed by atoms with Gasteiger partial charge in [-0.15, -0.1) is 11.3 Å². The van der Waals surface area contributed by atoms with E-state index < -0.39 is 0 Å². The highest BCUT2D eigenvalue weighted by molar-refractivity contribution is 7.16. The standard InChI is InChI=1S/C14H22ClNOS/c1-2-16-12(13-8-9-14(15)18-13)7-3-5-11-6-4-10-17-11/h8-9,11-12,16H,2-7,10H2,1H3. The first-order valence-corrected chi connectivity index (χ1v) is 8.09. The lowest BCUT2D eigenvalue weighted by molar-refractivity contribution is 0.101. The molecule has 0 spiro atoms. The van der Waals surface area contributed by atoms with E-state index in [1.54, 1.807) is 11.3 Å². The van der Waals surface area contributed by atoms with Crippen molar-refractivity contribution >= 4 is 22.9 Å². The molecule has 1 fully saturated rings. The Labute approximate surface area is 119 Å². The third-order valence-electron chi connectivity index (χ3n) is 3.43. The van der Waals surface area contributed by atoms with Gasteiger partial charge in [-0.25, -0.2) is 0 Å². The molecule has 2 atom stereocenters. The van der Waals surface area contributed by atoms with Gasteiger partial charge in [0.15, 0.2) is 0 Å². The summed E-state index contributed by atoms with van der Waals surface area (Å²) in [6, 6.07) is 4.59. The van der Waals surface area contributed by atoms with E-state index >= 15 is 0 Å². The average Bonchev–Trinajstić information content (AvgIpc) is 2.99. The lowest BCUT2D eigenvalue weighted by Crippen LogP contribution is -2.20. The van der Waals surface area contributed by atoms with Crippen LogP contribution in [0, 0.1) is 0 Å². The SMILES string of the molecule is CCNC(CCCC1CCCO1)c1ccc(Cl)s1. The topological polar surface area (TPSA) is 21.3 Å². The van der Waals surface area contributed by atoms with Gasteiger partial charge in [-0.3, -0.25) is 0 Å². The van der Waals surface area contributed by atoms with Crippen LogP contribution >= 0.6 is 22.9 Å². The van der Waals surface area contributed by atoms with Gasteiger partial charge in [0.1, 0.15) is 0 Å². The average molecular weight is 288 g/mol. The van der Waals surface area contributed by atoms with Crippen molar-refractivity contribution in [1.29, 1.82) is 0 Å². The monoisotopic (exact) mass is 287 g/mol. The first-order chi connectivity index (χ1) is 8.79. The molecule has 1 aromatic heterocycles. The molecule has 1 saturated heterocycles. The number of ether oxygens (including phenoxy) is 1. The van der Waals surface area contributed by atoms with E-state index in [-0.39, 0.29) is 0 Å². The molecule has 1 aliphatic rings.